The third kappa shape index (κ3) is 4.14. The van der Waals surface area contributed by atoms with Gasteiger partial charge in [0, 0.05) is 32.5 Å². The second-order valence-electron chi connectivity index (χ2n) is 6.80. The van der Waals surface area contributed by atoms with Gasteiger partial charge in [-0.05, 0) is 37.8 Å². The first-order chi connectivity index (χ1) is 12.4. The smallest absolute Gasteiger partial charge is 0.0895 e. The van der Waals surface area contributed by atoms with Crippen molar-refractivity contribution >= 4 is 11.2 Å². The van der Waals surface area contributed by atoms with Gasteiger partial charge >= 0.3 is 0 Å². The maximum absolute atomic E-state index is 6.02. The number of piperidine rings is 1. The van der Waals surface area contributed by atoms with Crippen LogP contribution in [0, 0.1) is 0 Å². The van der Waals surface area contributed by atoms with Crippen LogP contribution >= 0.6 is 0 Å². The van der Waals surface area contributed by atoms with E-state index in [1.165, 1.54) is 11.2 Å². The van der Waals surface area contributed by atoms with Crippen molar-refractivity contribution in [1.82, 2.24) is 9.61 Å². The van der Waals surface area contributed by atoms with E-state index in [0.717, 1.165) is 52.0 Å². The van der Waals surface area contributed by atoms with Crippen LogP contribution in [0.15, 0.2) is 30.6 Å². The zero-order valence-electron chi connectivity index (χ0n) is 14.7. The highest BCUT2D eigenvalue weighted by Gasteiger charge is 2.22. The Labute approximate surface area is 148 Å². The van der Waals surface area contributed by atoms with E-state index in [1.54, 1.807) is 0 Å². The van der Waals surface area contributed by atoms with Gasteiger partial charge in [0.2, 0.25) is 0 Å². The molecule has 6 nitrogen and oxygen atoms in total. The first-order valence-corrected chi connectivity index (χ1v) is 9.38. The average Bonchev–Trinajstić information content (AvgIpc) is 3.11. The fraction of sp³-hybridized carbons (Fsp3) is 0.632. The number of ether oxygens (including phenoxy) is 3. The highest BCUT2D eigenvalue weighted by atomic mass is 16.5. The van der Waals surface area contributed by atoms with Crippen molar-refractivity contribution in [2.24, 2.45) is 0 Å². The van der Waals surface area contributed by atoms with Gasteiger partial charge in [-0.25, -0.2) is 4.52 Å². The summed E-state index contributed by atoms with van der Waals surface area (Å²) in [5.74, 6) is 0. The highest BCUT2D eigenvalue weighted by molar-refractivity contribution is 5.72. The van der Waals surface area contributed by atoms with Crippen LogP contribution in [-0.4, -0.2) is 61.3 Å². The van der Waals surface area contributed by atoms with Crippen molar-refractivity contribution in [2.75, 3.05) is 44.4 Å². The Hall–Kier alpha value is -1.63. The zero-order valence-corrected chi connectivity index (χ0v) is 14.7. The summed E-state index contributed by atoms with van der Waals surface area (Å²) < 4.78 is 19.2. The maximum atomic E-state index is 6.02. The lowest BCUT2D eigenvalue weighted by Gasteiger charge is -2.33. The average molecular weight is 345 g/mol. The number of nitrogens with zero attached hydrogens (tertiary/aromatic N) is 3. The van der Waals surface area contributed by atoms with Crippen LogP contribution < -0.4 is 4.90 Å². The second-order valence-corrected chi connectivity index (χ2v) is 6.80. The molecule has 0 saturated carbocycles. The summed E-state index contributed by atoms with van der Waals surface area (Å²) in [7, 11) is 0. The molecule has 6 heteroatoms. The van der Waals surface area contributed by atoms with Gasteiger partial charge in [0.05, 0.1) is 42.8 Å². The third-order valence-corrected chi connectivity index (χ3v) is 5.15. The summed E-state index contributed by atoms with van der Waals surface area (Å²) in [6.45, 7) is 5.07. The van der Waals surface area contributed by atoms with Crippen LogP contribution in [0.2, 0.25) is 0 Å². The Kier molecular flexibility index (Phi) is 5.49. The van der Waals surface area contributed by atoms with E-state index in [4.69, 9.17) is 14.2 Å². The van der Waals surface area contributed by atoms with Gasteiger partial charge in [-0.1, -0.05) is 6.07 Å². The first kappa shape index (κ1) is 16.8. The van der Waals surface area contributed by atoms with E-state index in [0.29, 0.717) is 25.4 Å². The van der Waals surface area contributed by atoms with Crippen LogP contribution in [0.3, 0.4) is 0 Å². The van der Waals surface area contributed by atoms with Crippen LogP contribution in [0.5, 0.6) is 0 Å². The molecular formula is C19H27N3O3. The third-order valence-electron chi connectivity index (χ3n) is 5.15. The SMILES string of the molecule is c1ccn2ncc(N3CCC(OCCOC4CCOCC4)CC3)c2c1. The second kappa shape index (κ2) is 8.17. The summed E-state index contributed by atoms with van der Waals surface area (Å²) in [5, 5.41) is 4.44. The topological polar surface area (TPSA) is 48.2 Å². The molecule has 0 radical (unpaired) electrons. The first-order valence-electron chi connectivity index (χ1n) is 9.38. The molecule has 2 saturated heterocycles. The molecule has 4 rings (SSSR count). The molecule has 0 aromatic carbocycles. The fourth-order valence-corrected chi connectivity index (χ4v) is 3.70. The quantitative estimate of drug-likeness (QED) is 0.753. The molecule has 0 atom stereocenters. The number of hydrogen-bond donors (Lipinski definition) is 0. The van der Waals surface area contributed by atoms with Crippen LogP contribution in [0.4, 0.5) is 5.69 Å². The molecule has 0 spiro atoms. The van der Waals surface area contributed by atoms with Crippen LogP contribution in [0.1, 0.15) is 25.7 Å². The lowest BCUT2D eigenvalue weighted by atomic mass is 10.1. The number of anilines is 1. The maximum Gasteiger partial charge on any atom is 0.0895 e. The normalized spacial score (nSPS) is 20.4. The monoisotopic (exact) mass is 345 g/mol. The minimum atomic E-state index is 0.344. The number of rotatable bonds is 6. The molecule has 25 heavy (non-hydrogen) atoms. The Morgan fingerprint density at radius 3 is 2.48 bits per heavy atom. The minimum Gasteiger partial charge on any atom is -0.381 e. The molecule has 0 N–H and O–H groups in total. The molecule has 0 amide bonds. The van der Waals surface area contributed by atoms with E-state index < -0.39 is 0 Å². The minimum absolute atomic E-state index is 0.344. The Balaban J connectivity index is 1.19. The lowest BCUT2D eigenvalue weighted by Crippen LogP contribution is -2.37. The van der Waals surface area contributed by atoms with Crippen molar-refractivity contribution in [3.63, 3.8) is 0 Å². The van der Waals surface area contributed by atoms with E-state index in [2.05, 4.69) is 22.1 Å². The van der Waals surface area contributed by atoms with E-state index in [9.17, 15) is 0 Å². The van der Waals surface area contributed by atoms with Crippen molar-refractivity contribution in [1.29, 1.82) is 0 Å². The Morgan fingerprint density at radius 1 is 1.00 bits per heavy atom. The van der Waals surface area contributed by atoms with Gasteiger partial charge in [0.1, 0.15) is 0 Å². The van der Waals surface area contributed by atoms with Crippen molar-refractivity contribution < 1.29 is 14.2 Å². The molecule has 4 heterocycles. The number of hydrogen-bond acceptors (Lipinski definition) is 5. The molecule has 0 bridgehead atoms. The Morgan fingerprint density at radius 2 is 1.72 bits per heavy atom. The van der Waals surface area contributed by atoms with Crippen LogP contribution in [-0.2, 0) is 14.2 Å². The number of aromatic nitrogens is 2. The van der Waals surface area contributed by atoms with Gasteiger partial charge in [0.15, 0.2) is 0 Å². The van der Waals surface area contributed by atoms with Crippen molar-refractivity contribution in [2.45, 2.75) is 37.9 Å². The van der Waals surface area contributed by atoms with Gasteiger partial charge in [-0.3, -0.25) is 0 Å². The van der Waals surface area contributed by atoms with Crippen molar-refractivity contribution in [3.8, 4) is 0 Å². The zero-order chi connectivity index (χ0) is 16.9. The lowest BCUT2D eigenvalue weighted by molar-refractivity contribution is -0.0625. The summed E-state index contributed by atoms with van der Waals surface area (Å²) in [5.41, 5.74) is 2.40. The molecular weight excluding hydrogens is 318 g/mol. The molecule has 2 aliphatic rings. The van der Waals surface area contributed by atoms with Gasteiger partial charge in [0.25, 0.3) is 0 Å². The standard InChI is InChI=1S/C19H27N3O3/c1-2-8-22-18(3-1)19(15-20-22)21-9-4-16(5-10-21)24-13-14-25-17-6-11-23-12-7-17/h1-3,8,15-17H,4-7,9-14H2. The summed E-state index contributed by atoms with van der Waals surface area (Å²) >= 11 is 0. The predicted molar refractivity (Wildman–Crippen MR) is 96.2 cm³/mol. The van der Waals surface area contributed by atoms with E-state index in [1.807, 2.05) is 23.0 Å². The summed E-state index contributed by atoms with van der Waals surface area (Å²) in [6, 6.07) is 6.19. The molecule has 0 aliphatic carbocycles. The molecule has 0 unspecified atom stereocenters. The molecule has 136 valence electrons. The molecule has 2 aliphatic heterocycles. The predicted octanol–water partition coefficient (Wildman–Crippen LogP) is 2.52. The van der Waals surface area contributed by atoms with Gasteiger partial charge in [-0.2, -0.15) is 5.10 Å². The Bertz CT molecular complexity index is 661. The number of fused-ring (bicyclic) bond motifs is 1. The summed E-state index contributed by atoms with van der Waals surface area (Å²) in [4.78, 5) is 2.42. The largest absolute Gasteiger partial charge is 0.381 e. The van der Waals surface area contributed by atoms with Crippen LogP contribution in [0.25, 0.3) is 5.52 Å². The van der Waals surface area contributed by atoms with Gasteiger partial charge < -0.3 is 19.1 Å². The number of pyridine rings is 1. The molecule has 2 aromatic heterocycles. The van der Waals surface area contributed by atoms with Gasteiger partial charge in [-0.15, -0.1) is 0 Å². The molecule has 2 fully saturated rings. The highest BCUT2D eigenvalue weighted by Crippen LogP contribution is 2.25. The molecule has 2 aromatic rings. The summed E-state index contributed by atoms with van der Waals surface area (Å²) in [6.07, 6.45) is 8.80. The fourth-order valence-electron chi connectivity index (χ4n) is 3.70. The van der Waals surface area contributed by atoms with Crippen molar-refractivity contribution in [3.05, 3.63) is 30.6 Å². The van der Waals surface area contributed by atoms with E-state index in [-0.39, 0.29) is 0 Å². The van der Waals surface area contributed by atoms with E-state index >= 15 is 0 Å².